The van der Waals surface area contributed by atoms with Crippen molar-refractivity contribution in [3.8, 4) is 0 Å². The summed E-state index contributed by atoms with van der Waals surface area (Å²) in [7, 11) is 3.13. The van der Waals surface area contributed by atoms with Crippen LogP contribution in [0.4, 0.5) is 0 Å². The fourth-order valence-corrected chi connectivity index (χ4v) is 2.38. The van der Waals surface area contributed by atoms with Crippen molar-refractivity contribution in [2.24, 2.45) is 14.1 Å². The standard InChI is InChI=1S/C14H21N3O4/c1-5-20-11(21-6-2)9-17-8-7-10-12(17)13(18)16(4)14(19)15(10)3/h7-8,11H,5-6,9H2,1-4H3. The second-order valence-corrected chi connectivity index (χ2v) is 4.75. The summed E-state index contributed by atoms with van der Waals surface area (Å²) in [6.07, 6.45) is 1.36. The highest BCUT2D eigenvalue weighted by Gasteiger charge is 2.16. The van der Waals surface area contributed by atoms with Crippen molar-refractivity contribution >= 4 is 11.0 Å². The van der Waals surface area contributed by atoms with Gasteiger partial charge < -0.3 is 14.0 Å². The summed E-state index contributed by atoms with van der Waals surface area (Å²) in [6.45, 7) is 5.24. The number of aromatic nitrogens is 3. The molecule has 7 heteroatoms. The second kappa shape index (κ2) is 6.28. The van der Waals surface area contributed by atoms with Gasteiger partial charge in [-0.05, 0) is 19.9 Å². The van der Waals surface area contributed by atoms with Gasteiger partial charge in [-0.3, -0.25) is 13.9 Å². The van der Waals surface area contributed by atoms with Gasteiger partial charge in [0.1, 0.15) is 5.52 Å². The van der Waals surface area contributed by atoms with Crippen LogP contribution in [0.15, 0.2) is 21.9 Å². The fourth-order valence-electron chi connectivity index (χ4n) is 2.38. The third kappa shape index (κ3) is 2.79. The Labute approximate surface area is 122 Å². The van der Waals surface area contributed by atoms with E-state index < -0.39 is 6.29 Å². The van der Waals surface area contributed by atoms with Gasteiger partial charge >= 0.3 is 5.69 Å². The molecule has 7 nitrogen and oxygen atoms in total. The minimum absolute atomic E-state index is 0.315. The van der Waals surface area contributed by atoms with Crippen LogP contribution in [-0.4, -0.2) is 33.2 Å². The average molecular weight is 295 g/mol. The average Bonchev–Trinajstić information content (AvgIpc) is 2.87. The molecule has 0 atom stereocenters. The van der Waals surface area contributed by atoms with Gasteiger partial charge in [-0.25, -0.2) is 4.79 Å². The molecule has 0 aromatic carbocycles. The Morgan fingerprint density at radius 2 is 1.71 bits per heavy atom. The van der Waals surface area contributed by atoms with Crippen LogP contribution in [0, 0.1) is 0 Å². The smallest absolute Gasteiger partial charge is 0.331 e. The van der Waals surface area contributed by atoms with Gasteiger partial charge in [-0.2, -0.15) is 0 Å². The monoisotopic (exact) mass is 295 g/mol. The first-order valence-electron chi connectivity index (χ1n) is 6.99. The Kier molecular flexibility index (Phi) is 4.64. The molecular weight excluding hydrogens is 274 g/mol. The molecule has 0 radical (unpaired) electrons. The number of nitrogens with zero attached hydrogens (tertiary/aromatic N) is 3. The lowest BCUT2D eigenvalue weighted by atomic mass is 10.4. The van der Waals surface area contributed by atoms with E-state index in [1.165, 1.54) is 11.6 Å². The van der Waals surface area contributed by atoms with Crippen LogP contribution >= 0.6 is 0 Å². The molecule has 0 N–H and O–H groups in total. The molecular formula is C14H21N3O4. The van der Waals surface area contributed by atoms with Gasteiger partial charge in [-0.1, -0.05) is 0 Å². The molecule has 2 aromatic heterocycles. The Morgan fingerprint density at radius 3 is 2.29 bits per heavy atom. The topological polar surface area (TPSA) is 67.4 Å². The molecule has 116 valence electrons. The van der Waals surface area contributed by atoms with Gasteiger partial charge in [0, 0.05) is 33.5 Å². The molecule has 2 heterocycles. The molecule has 0 aliphatic rings. The molecule has 0 spiro atoms. The Balaban J connectivity index is 2.51. The number of hydrogen-bond donors (Lipinski definition) is 0. The van der Waals surface area contributed by atoms with Gasteiger partial charge in [0.2, 0.25) is 0 Å². The number of aryl methyl sites for hydroxylation is 1. The molecule has 0 amide bonds. The Hall–Kier alpha value is -1.86. The summed E-state index contributed by atoms with van der Waals surface area (Å²) in [6, 6.07) is 1.76. The van der Waals surface area contributed by atoms with Crippen LogP contribution in [-0.2, 0) is 30.1 Å². The highest BCUT2D eigenvalue weighted by Crippen LogP contribution is 2.11. The third-order valence-electron chi connectivity index (χ3n) is 3.44. The fraction of sp³-hybridized carbons (Fsp3) is 0.571. The van der Waals surface area contributed by atoms with Crippen molar-refractivity contribution in [1.29, 1.82) is 0 Å². The van der Waals surface area contributed by atoms with E-state index in [0.29, 0.717) is 30.8 Å². The highest BCUT2D eigenvalue weighted by atomic mass is 16.7. The zero-order valence-corrected chi connectivity index (χ0v) is 12.8. The highest BCUT2D eigenvalue weighted by molar-refractivity contribution is 5.75. The van der Waals surface area contributed by atoms with Gasteiger partial charge in [0.25, 0.3) is 5.56 Å². The lowest BCUT2D eigenvalue weighted by molar-refractivity contribution is -0.143. The first-order chi connectivity index (χ1) is 10.0. The minimum Gasteiger partial charge on any atom is -0.351 e. The number of fused-ring (bicyclic) bond motifs is 1. The largest absolute Gasteiger partial charge is 0.351 e. The van der Waals surface area contributed by atoms with E-state index in [0.717, 1.165) is 4.57 Å². The summed E-state index contributed by atoms with van der Waals surface area (Å²) in [4.78, 5) is 24.2. The summed E-state index contributed by atoms with van der Waals surface area (Å²) < 4.78 is 15.4. The number of rotatable bonds is 6. The van der Waals surface area contributed by atoms with E-state index in [2.05, 4.69) is 0 Å². The van der Waals surface area contributed by atoms with Crippen molar-refractivity contribution < 1.29 is 9.47 Å². The second-order valence-electron chi connectivity index (χ2n) is 4.75. The molecule has 2 rings (SSSR count). The third-order valence-corrected chi connectivity index (χ3v) is 3.44. The number of hydrogen-bond acceptors (Lipinski definition) is 4. The van der Waals surface area contributed by atoms with Crippen LogP contribution in [0.3, 0.4) is 0 Å². The molecule has 21 heavy (non-hydrogen) atoms. The predicted molar refractivity (Wildman–Crippen MR) is 79.5 cm³/mol. The Bertz CT molecular complexity index is 735. The van der Waals surface area contributed by atoms with E-state index in [1.54, 1.807) is 23.9 Å². The lowest BCUT2D eigenvalue weighted by Gasteiger charge is -2.18. The molecule has 0 saturated carbocycles. The number of ether oxygens (including phenoxy) is 2. The van der Waals surface area contributed by atoms with Crippen LogP contribution in [0.2, 0.25) is 0 Å². The van der Waals surface area contributed by atoms with E-state index in [4.69, 9.17) is 9.47 Å². The Morgan fingerprint density at radius 1 is 1.10 bits per heavy atom. The molecule has 0 fully saturated rings. The predicted octanol–water partition coefficient (Wildman–Crippen LogP) is 0.438. The lowest BCUT2D eigenvalue weighted by Crippen LogP contribution is -2.37. The molecule has 0 saturated heterocycles. The molecule has 2 aromatic rings. The summed E-state index contributed by atoms with van der Waals surface area (Å²) >= 11 is 0. The molecule has 0 unspecified atom stereocenters. The van der Waals surface area contributed by atoms with E-state index in [9.17, 15) is 9.59 Å². The zero-order chi connectivity index (χ0) is 15.6. The van der Waals surface area contributed by atoms with Crippen LogP contribution in [0.25, 0.3) is 11.0 Å². The van der Waals surface area contributed by atoms with Crippen LogP contribution < -0.4 is 11.2 Å². The van der Waals surface area contributed by atoms with Crippen molar-refractivity contribution in [2.45, 2.75) is 26.7 Å². The maximum atomic E-state index is 12.3. The van der Waals surface area contributed by atoms with Gasteiger partial charge in [0.15, 0.2) is 6.29 Å². The van der Waals surface area contributed by atoms with E-state index in [1.807, 2.05) is 13.8 Å². The van der Waals surface area contributed by atoms with E-state index >= 15 is 0 Å². The van der Waals surface area contributed by atoms with Crippen LogP contribution in [0.5, 0.6) is 0 Å². The van der Waals surface area contributed by atoms with Crippen molar-refractivity contribution in [3.63, 3.8) is 0 Å². The molecule has 0 bridgehead atoms. The molecule has 0 aliphatic carbocycles. The van der Waals surface area contributed by atoms with Crippen molar-refractivity contribution in [1.82, 2.24) is 13.7 Å². The van der Waals surface area contributed by atoms with Crippen LogP contribution in [0.1, 0.15) is 13.8 Å². The van der Waals surface area contributed by atoms with E-state index in [-0.39, 0.29) is 11.2 Å². The SMILES string of the molecule is CCOC(Cn1ccc2c1c(=O)n(C)c(=O)n2C)OCC. The minimum atomic E-state index is -0.419. The summed E-state index contributed by atoms with van der Waals surface area (Å²) in [5.74, 6) is 0. The maximum absolute atomic E-state index is 12.3. The first kappa shape index (κ1) is 15.5. The quantitative estimate of drug-likeness (QED) is 0.725. The van der Waals surface area contributed by atoms with Gasteiger partial charge in [-0.15, -0.1) is 0 Å². The normalized spacial score (nSPS) is 11.7. The van der Waals surface area contributed by atoms with Crippen molar-refractivity contribution in [2.75, 3.05) is 13.2 Å². The van der Waals surface area contributed by atoms with Crippen molar-refractivity contribution in [3.05, 3.63) is 33.1 Å². The maximum Gasteiger partial charge on any atom is 0.331 e. The first-order valence-corrected chi connectivity index (χ1v) is 6.99. The summed E-state index contributed by atoms with van der Waals surface area (Å²) in [5, 5.41) is 0. The summed E-state index contributed by atoms with van der Waals surface area (Å²) in [5.41, 5.74) is 0.431. The zero-order valence-electron chi connectivity index (χ0n) is 12.8. The van der Waals surface area contributed by atoms with Gasteiger partial charge in [0.05, 0.1) is 12.1 Å². The molecule has 0 aliphatic heterocycles.